The summed E-state index contributed by atoms with van der Waals surface area (Å²) in [7, 11) is 0. The predicted molar refractivity (Wildman–Crippen MR) is 57.4 cm³/mol. The Hall–Kier alpha value is -1.03. The lowest BCUT2D eigenvalue weighted by Crippen LogP contribution is -2.34. The predicted octanol–water partition coefficient (Wildman–Crippen LogP) is 1.67. The van der Waals surface area contributed by atoms with Gasteiger partial charge in [0.15, 0.2) is 0 Å². The molecule has 4 nitrogen and oxygen atoms in total. The molecule has 0 fully saturated rings. The molecule has 0 aromatic heterocycles. The van der Waals surface area contributed by atoms with Crippen molar-refractivity contribution >= 4 is 6.09 Å². The van der Waals surface area contributed by atoms with Gasteiger partial charge in [-0.3, -0.25) is 0 Å². The summed E-state index contributed by atoms with van der Waals surface area (Å²) in [4.78, 5) is 11.2. The average molecular weight is 212 g/mol. The van der Waals surface area contributed by atoms with E-state index in [0.29, 0.717) is 13.2 Å². The van der Waals surface area contributed by atoms with Crippen LogP contribution in [0.2, 0.25) is 0 Å². The van der Waals surface area contributed by atoms with Gasteiger partial charge < -0.3 is 14.8 Å². The number of carbonyl (C=O) groups excluding carboxylic acids is 1. The summed E-state index contributed by atoms with van der Waals surface area (Å²) in [6.45, 7) is 6.59. The van der Waals surface area contributed by atoms with Crippen LogP contribution < -0.4 is 5.32 Å². The first-order valence-electron chi connectivity index (χ1n) is 5.06. The smallest absolute Gasteiger partial charge is 0.407 e. The lowest BCUT2D eigenvalue weighted by molar-refractivity contribution is 0.0528. The van der Waals surface area contributed by atoms with Crippen LogP contribution in [-0.2, 0) is 9.47 Å². The third kappa shape index (κ3) is 5.42. The molecule has 1 rings (SSSR count). The van der Waals surface area contributed by atoms with E-state index in [-0.39, 0.29) is 6.10 Å². The third-order valence-electron chi connectivity index (χ3n) is 1.71. The minimum absolute atomic E-state index is 0.0138. The van der Waals surface area contributed by atoms with E-state index in [9.17, 15) is 4.79 Å². The van der Waals surface area contributed by atoms with Gasteiger partial charge >= 0.3 is 6.09 Å². The Balaban J connectivity index is 2.09. The summed E-state index contributed by atoms with van der Waals surface area (Å²) in [6.07, 6.45) is 5.40. The molecule has 1 heterocycles. The van der Waals surface area contributed by atoms with Crippen molar-refractivity contribution in [3.63, 3.8) is 0 Å². The molecule has 0 bridgehead atoms. The second-order valence-electron chi connectivity index (χ2n) is 4.34. The molecule has 85 valence electrons. The molecular weight excluding hydrogens is 194 g/mol. The SMILES string of the molecule is CC(C)(C)OC(=O)NC[CH][C@H]1C=CCO1. The van der Waals surface area contributed by atoms with Crippen LogP contribution in [0.4, 0.5) is 4.79 Å². The highest BCUT2D eigenvalue weighted by Crippen LogP contribution is 2.07. The van der Waals surface area contributed by atoms with Crippen LogP contribution in [-0.4, -0.2) is 30.9 Å². The van der Waals surface area contributed by atoms with Crippen LogP contribution in [0.1, 0.15) is 20.8 Å². The number of ether oxygens (including phenoxy) is 2. The van der Waals surface area contributed by atoms with Gasteiger partial charge in [0.2, 0.25) is 0 Å². The Bertz CT molecular complexity index is 243. The van der Waals surface area contributed by atoms with Crippen LogP contribution in [0.25, 0.3) is 0 Å². The van der Waals surface area contributed by atoms with E-state index in [1.165, 1.54) is 0 Å². The first-order valence-corrected chi connectivity index (χ1v) is 5.06. The van der Waals surface area contributed by atoms with Crippen LogP contribution in [0.3, 0.4) is 0 Å². The fourth-order valence-electron chi connectivity index (χ4n) is 1.13. The van der Waals surface area contributed by atoms with Crippen molar-refractivity contribution < 1.29 is 14.3 Å². The van der Waals surface area contributed by atoms with E-state index >= 15 is 0 Å². The van der Waals surface area contributed by atoms with E-state index in [1.807, 2.05) is 39.3 Å². The molecule has 1 aliphatic heterocycles. The van der Waals surface area contributed by atoms with E-state index in [0.717, 1.165) is 0 Å². The summed E-state index contributed by atoms with van der Waals surface area (Å²) >= 11 is 0. The number of amides is 1. The van der Waals surface area contributed by atoms with E-state index in [4.69, 9.17) is 9.47 Å². The van der Waals surface area contributed by atoms with Gasteiger partial charge in [-0.15, -0.1) is 0 Å². The normalized spacial score (nSPS) is 20.3. The summed E-state index contributed by atoms with van der Waals surface area (Å²) in [6, 6.07) is 0. The molecule has 0 aliphatic carbocycles. The number of nitrogens with one attached hydrogen (secondary N) is 1. The van der Waals surface area contributed by atoms with Gasteiger partial charge in [0.1, 0.15) is 5.60 Å². The molecule has 0 spiro atoms. The molecule has 0 aromatic rings. The van der Waals surface area contributed by atoms with Gasteiger partial charge in [-0.2, -0.15) is 0 Å². The van der Waals surface area contributed by atoms with Gasteiger partial charge in [-0.05, 0) is 20.8 Å². The molecule has 0 aromatic carbocycles. The van der Waals surface area contributed by atoms with E-state index in [2.05, 4.69) is 5.32 Å². The molecule has 1 aliphatic rings. The Morgan fingerprint density at radius 2 is 2.40 bits per heavy atom. The third-order valence-corrected chi connectivity index (χ3v) is 1.71. The van der Waals surface area contributed by atoms with E-state index in [1.54, 1.807) is 0 Å². The zero-order valence-corrected chi connectivity index (χ0v) is 9.45. The Labute approximate surface area is 90.6 Å². The quantitative estimate of drug-likeness (QED) is 0.724. The Morgan fingerprint density at radius 3 is 2.93 bits per heavy atom. The van der Waals surface area contributed by atoms with Crippen molar-refractivity contribution in [2.24, 2.45) is 0 Å². The summed E-state index contributed by atoms with van der Waals surface area (Å²) in [5.41, 5.74) is -0.451. The summed E-state index contributed by atoms with van der Waals surface area (Å²) < 4.78 is 10.4. The molecule has 1 radical (unpaired) electrons. The van der Waals surface area contributed by atoms with Crippen molar-refractivity contribution in [3.05, 3.63) is 18.6 Å². The second kappa shape index (κ2) is 5.16. The van der Waals surface area contributed by atoms with Gasteiger partial charge in [-0.25, -0.2) is 4.79 Å². The maximum absolute atomic E-state index is 11.2. The van der Waals surface area contributed by atoms with Gasteiger partial charge in [0, 0.05) is 13.0 Å². The van der Waals surface area contributed by atoms with Crippen LogP contribution in [0.15, 0.2) is 12.2 Å². The van der Waals surface area contributed by atoms with Crippen LogP contribution in [0, 0.1) is 6.42 Å². The second-order valence-corrected chi connectivity index (χ2v) is 4.34. The number of hydrogen-bond acceptors (Lipinski definition) is 3. The Kier molecular flexibility index (Phi) is 4.15. The molecule has 4 heteroatoms. The van der Waals surface area contributed by atoms with Crippen molar-refractivity contribution in [1.29, 1.82) is 0 Å². The number of hydrogen-bond donors (Lipinski definition) is 1. The van der Waals surface area contributed by atoms with Crippen LogP contribution in [0.5, 0.6) is 0 Å². The molecule has 0 saturated heterocycles. The van der Waals surface area contributed by atoms with Gasteiger partial charge in [0.25, 0.3) is 0 Å². The molecular formula is C11H18NO3. The molecule has 0 unspecified atom stereocenters. The first-order chi connectivity index (χ1) is 6.97. The molecule has 1 atom stereocenters. The highest BCUT2D eigenvalue weighted by atomic mass is 16.6. The fraction of sp³-hybridized carbons (Fsp3) is 0.636. The molecule has 0 saturated carbocycles. The average Bonchev–Trinajstić information content (AvgIpc) is 2.53. The Morgan fingerprint density at radius 1 is 1.67 bits per heavy atom. The lowest BCUT2D eigenvalue weighted by atomic mass is 10.2. The summed E-state index contributed by atoms with van der Waals surface area (Å²) in [5.74, 6) is 0. The standard InChI is InChI=1S/C11H18NO3/c1-11(2,3)15-10(13)12-7-6-9-5-4-8-14-9/h4-6,9H,7-8H2,1-3H3,(H,12,13)/t9-/m1/s1. The fourth-order valence-corrected chi connectivity index (χ4v) is 1.13. The maximum atomic E-state index is 11.2. The number of rotatable bonds is 3. The highest BCUT2D eigenvalue weighted by Gasteiger charge is 2.16. The van der Waals surface area contributed by atoms with Crippen molar-refractivity contribution in [1.82, 2.24) is 5.32 Å². The zero-order chi connectivity index (χ0) is 11.3. The largest absolute Gasteiger partial charge is 0.444 e. The van der Waals surface area contributed by atoms with Crippen molar-refractivity contribution in [3.8, 4) is 0 Å². The minimum Gasteiger partial charge on any atom is -0.444 e. The zero-order valence-electron chi connectivity index (χ0n) is 9.45. The highest BCUT2D eigenvalue weighted by molar-refractivity contribution is 5.67. The van der Waals surface area contributed by atoms with Crippen molar-refractivity contribution in [2.75, 3.05) is 13.2 Å². The maximum Gasteiger partial charge on any atom is 0.407 e. The van der Waals surface area contributed by atoms with Gasteiger partial charge in [-0.1, -0.05) is 12.2 Å². The molecule has 1 amide bonds. The molecule has 1 N–H and O–H groups in total. The van der Waals surface area contributed by atoms with Gasteiger partial charge in [0.05, 0.1) is 12.7 Å². The number of carbonyl (C=O) groups is 1. The van der Waals surface area contributed by atoms with E-state index < -0.39 is 11.7 Å². The van der Waals surface area contributed by atoms with Crippen LogP contribution >= 0.6 is 0 Å². The minimum atomic E-state index is -0.451. The monoisotopic (exact) mass is 212 g/mol. The summed E-state index contributed by atoms with van der Waals surface area (Å²) in [5, 5.41) is 2.64. The lowest BCUT2D eigenvalue weighted by Gasteiger charge is -2.19. The topological polar surface area (TPSA) is 47.6 Å². The molecule has 15 heavy (non-hydrogen) atoms. The van der Waals surface area contributed by atoms with Crippen molar-refractivity contribution in [2.45, 2.75) is 32.5 Å². The number of alkyl carbamates (subject to hydrolysis) is 1. The first kappa shape index (κ1) is 12.0.